The molecule has 3 aromatic rings. The van der Waals surface area contributed by atoms with Gasteiger partial charge in [-0.3, -0.25) is 4.90 Å². The molecular formula is C18H16N2O3. The summed E-state index contributed by atoms with van der Waals surface area (Å²) in [4.78, 5) is 18.3. The van der Waals surface area contributed by atoms with Crippen LogP contribution in [0.5, 0.6) is 5.88 Å². The van der Waals surface area contributed by atoms with Gasteiger partial charge in [0.2, 0.25) is 5.88 Å². The van der Waals surface area contributed by atoms with Crippen molar-refractivity contribution in [2.45, 2.75) is 26.9 Å². The van der Waals surface area contributed by atoms with Crippen LogP contribution >= 0.6 is 0 Å². The number of carbonyl (C=O) groups is 1. The zero-order chi connectivity index (χ0) is 16.0. The number of nitrogens with zero attached hydrogens (tertiary/aromatic N) is 2. The molecule has 0 unspecified atom stereocenters. The zero-order valence-corrected chi connectivity index (χ0v) is 13.0. The van der Waals surface area contributed by atoms with Gasteiger partial charge in [0.05, 0.1) is 18.6 Å². The summed E-state index contributed by atoms with van der Waals surface area (Å²) in [6.45, 7) is 4.74. The van der Waals surface area contributed by atoms with E-state index in [4.69, 9.17) is 9.15 Å². The number of carbonyl (C=O) groups excluding carboxylic acids is 1. The van der Waals surface area contributed by atoms with Gasteiger partial charge < -0.3 is 9.15 Å². The summed E-state index contributed by atoms with van der Waals surface area (Å²) >= 11 is 0. The van der Waals surface area contributed by atoms with Crippen molar-refractivity contribution < 1.29 is 13.9 Å². The van der Waals surface area contributed by atoms with Gasteiger partial charge in [0, 0.05) is 10.9 Å². The third kappa shape index (κ3) is 2.54. The lowest BCUT2D eigenvalue weighted by atomic mass is 10.1. The van der Waals surface area contributed by atoms with Crippen LogP contribution in [0, 0.1) is 13.8 Å². The van der Waals surface area contributed by atoms with Gasteiger partial charge in [0.1, 0.15) is 11.5 Å². The number of hydrogen-bond donors (Lipinski definition) is 0. The second-order valence-corrected chi connectivity index (χ2v) is 5.89. The van der Waals surface area contributed by atoms with Crippen LogP contribution in [0.4, 0.5) is 4.79 Å². The van der Waals surface area contributed by atoms with E-state index in [-0.39, 0.29) is 0 Å². The van der Waals surface area contributed by atoms with Crippen molar-refractivity contribution in [2.75, 3.05) is 0 Å². The Morgan fingerprint density at radius 2 is 2.04 bits per heavy atom. The first-order chi connectivity index (χ1) is 11.1. The number of rotatable bonds is 2. The maximum absolute atomic E-state index is 12.2. The van der Waals surface area contributed by atoms with Gasteiger partial charge >= 0.3 is 6.09 Å². The molecule has 0 N–H and O–H groups in total. The molecule has 1 aromatic carbocycles. The Bertz CT molecular complexity index is 914. The number of furan rings is 1. The van der Waals surface area contributed by atoms with Crippen LogP contribution in [0.25, 0.3) is 10.9 Å². The molecule has 0 saturated heterocycles. The molecule has 0 fully saturated rings. The van der Waals surface area contributed by atoms with Gasteiger partial charge in [-0.15, -0.1) is 0 Å². The minimum absolute atomic E-state index is 0.387. The van der Waals surface area contributed by atoms with Crippen LogP contribution in [-0.2, 0) is 13.1 Å². The maximum Gasteiger partial charge on any atom is 0.417 e. The van der Waals surface area contributed by atoms with Crippen LogP contribution < -0.4 is 4.74 Å². The van der Waals surface area contributed by atoms with Gasteiger partial charge in [-0.1, -0.05) is 12.1 Å². The maximum atomic E-state index is 12.2. The molecule has 2 aromatic heterocycles. The molecule has 4 rings (SSSR count). The first-order valence-corrected chi connectivity index (χ1v) is 7.51. The van der Waals surface area contributed by atoms with E-state index in [1.807, 2.05) is 44.2 Å². The van der Waals surface area contributed by atoms with Gasteiger partial charge in [-0.2, -0.15) is 0 Å². The molecule has 1 aliphatic rings. The highest BCUT2D eigenvalue weighted by molar-refractivity contribution is 5.82. The van der Waals surface area contributed by atoms with Gasteiger partial charge in [-0.05, 0) is 43.7 Å². The van der Waals surface area contributed by atoms with Crippen molar-refractivity contribution in [1.82, 2.24) is 9.88 Å². The molecule has 1 amide bonds. The first kappa shape index (κ1) is 13.8. The molecule has 0 bridgehead atoms. The van der Waals surface area contributed by atoms with E-state index in [0.717, 1.165) is 33.6 Å². The Morgan fingerprint density at radius 3 is 2.83 bits per heavy atom. The van der Waals surface area contributed by atoms with E-state index in [2.05, 4.69) is 11.1 Å². The van der Waals surface area contributed by atoms with Crippen molar-refractivity contribution in [3.8, 4) is 5.88 Å². The number of fused-ring (bicyclic) bond motifs is 2. The van der Waals surface area contributed by atoms with Crippen molar-refractivity contribution in [1.29, 1.82) is 0 Å². The van der Waals surface area contributed by atoms with Crippen molar-refractivity contribution in [3.05, 3.63) is 59.0 Å². The predicted molar refractivity (Wildman–Crippen MR) is 85.2 cm³/mol. The second kappa shape index (κ2) is 5.12. The zero-order valence-electron chi connectivity index (χ0n) is 13.0. The number of amides is 1. The van der Waals surface area contributed by atoms with Crippen LogP contribution in [0.1, 0.15) is 22.6 Å². The van der Waals surface area contributed by atoms with Crippen molar-refractivity contribution in [3.63, 3.8) is 0 Å². The molecule has 116 valence electrons. The number of ether oxygens (including phenoxy) is 1. The van der Waals surface area contributed by atoms with Gasteiger partial charge in [0.15, 0.2) is 0 Å². The number of hydrogen-bond acceptors (Lipinski definition) is 4. The largest absolute Gasteiger partial charge is 0.464 e. The minimum atomic E-state index is -0.397. The first-order valence-electron chi connectivity index (χ1n) is 7.51. The highest BCUT2D eigenvalue weighted by Gasteiger charge is 2.27. The fourth-order valence-electron chi connectivity index (χ4n) is 2.80. The lowest BCUT2D eigenvalue weighted by molar-refractivity contribution is 0.129. The molecule has 5 nitrogen and oxygen atoms in total. The second-order valence-electron chi connectivity index (χ2n) is 5.89. The SMILES string of the molecule is Cc1ccc2cc3c(nc2c1)OC(=O)N(Cc1ccc(C)o1)C3. The summed E-state index contributed by atoms with van der Waals surface area (Å²) < 4.78 is 10.9. The predicted octanol–water partition coefficient (Wildman–Crippen LogP) is 3.96. The lowest BCUT2D eigenvalue weighted by Crippen LogP contribution is -2.36. The average molecular weight is 308 g/mol. The Hall–Kier alpha value is -2.82. The third-order valence-electron chi connectivity index (χ3n) is 3.96. The Kier molecular flexibility index (Phi) is 3.08. The standard InChI is InChI=1S/C18H16N2O3/c1-11-3-5-13-8-14-9-20(10-15-6-4-12(2)22-15)18(21)23-17(14)19-16(13)7-11/h3-8H,9-10H2,1-2H3. The van der Waals surface area contributed by atoms with E-state index in [0.29, 0.717) is 19.0 Å². The van der Waals surface area contributed by atoms with E-state index in [1.165, 1.54) is 0 Å². The summed E-state index contributed by atoms with van der Waals surface area (Å²) in [5, 5.41) is 1.04. The summed E-state index contributed by atoms with van der Waals surface area (Å²) in [6, 6.07) is 11.9. The minimum Gasteiger partial charge on any atom is -0.464 e. The highest BCUT2D eigenvalue weighted by Crippen LogP contribution is 2.29. The normalized spacial score (nSPS) is 14.0. The highest BCUT2D eigenvalue weighted by atomic mass is 16.6. The fourth-order valence-corrected chi connectivity index (χ4v) is 2.80. The summed E-state index contributed by atoms with van der Waals surface area (Å²) in [5.74, 6) is 1.97. The molecule has 0 atom stereocenters. The smallest absolute Gasteiger partial charge is 0.417 e. The molecular weight excluding hydrogens is 292 g/mol. The van der Waals surface area contributed by atoms with Crippen molar-refractivity contribution in [2.24, 2.45) is 0 Å². The number of pyridine rings is 1. The summed E-state index contributed by atoms with van der Waals surface area (Å²) in [7, 11) is 0. The van der Waals surface area contributed by atoms with Crippen LogP contribution in [-0.4, -0.2) is 16.0 Å². The molecule has 1 aliphatic heterocycles. The van der Waals surface area contributed by atoms with E-state index >= 15 is 0 Å². The molecule has 23 heavy (non-hydrogen) atoms. The molecule has 0 saturated carbocycles. The number of aryl methyl sites for hydroxylation is 2. The topological polar surface area (TPSA) is 55.6 Å². The van der Waals surface area contributed by atoms with Crippen molar-refractivity contribution >= 4 is 17.0 Å². The quantitative estimate of drug-likeness (QED) is 0.719. The fraction of sp³-hybridized carbons (Fsp3) is 0.222. The molecule has 0 spiro atoms. The van der Waals surface area contributed by atoms with Crippen LogP contribution in [0.15, 0.2) is 40.8 Å². The van der Waals surface area contributed by atoms with Gasteiger partial charge in [-0.25, -0.2) is 9.78 Å². The summed E-state index contributed by atoms with van der Waals surface area (Å²) in [6.07, 6.45) is -0.397. The number of aromatic nitrogens is 1. The third-order valence-corrected chi connectivity index (χ3v) is 3.96. The van der Waals surface area contributed by atoms with E-state index < -0.39 is 6.09 Å². The molecule has 5 heteroatoms. The summed E-state index contributed by atoms with van der Waals surface area (Å²) in [5.41, 5.74) is 2.87. The molecule has 0 radical (unpaired) electrons. The Balaban J connectivity index is 1.67. The lowest BCUT2D eigenvalue weighted by Gasteiger charge is -2.26. The average Bonchev–Trinajstić information content (AvgIpc) is 2.91. The monoisotopic (exact) mass is 308 g/mol. The Labute approximate surface area is 133 Å². The van der Waals surface area contributed by atoms with Gasteiger partial charge in [0.25, 0.3) is 0 Å². The van der Waals surface area contributed by atoms with Crippen LogP contribution in [0.3, 0.4) is 0 Å². The molecule has 3 heterocycles. The molecule has 0 aliphatic carbocycles. The van der Waals surface area contributed by atoms with Crippen LogP contribution in [0.2, 0.25) is 0 Å². The van der Waals surface area contributed by atoms with E-state index in [1.54, 1.807) is 4.90 Å². The number of benzene rings is 1. The Morgan fingerprint density at radius 1 is 1.17 bits per heavy atom. The van der Waals surface area contributed by atoms with E-state index in [9.17, 15) is 4.79 Å².